The highest BCUT2D eigenvalue weighted by Crippen LogP contribution is 2.23. The van der Waals surface area contributed by atoms with Gasteiger partial charge in [0.1, 0.15) is 0 Å². The monoisotopic (exact) mass is 340 g/mol. The molecule has 0 fully saturated rings. The largest absolute Gasteiger partial charge is 0.324 e. The Hall–Kier alpha value is -1.24. The average molecular weight is 341 g/mol. The van der Waals surface area contributed by atoms with Crippen molar-refractivity contribution in [3.05, 3.63) is 61.4 Å². The van der Waals surface area contributed by atoms with Crippen LogP contribution in [0.2, 0.25) is 0 Å². The number of nitrogens with one attached hydrogen (secondary N) is 1. The van der Waals surface area contributed by atoms with Crippen molar-refractivity contribution in [1.82, 2.24) is 5.32 Å². The molecule has 0 amide bonds. The standard InChI is InChI=1S/C13H13BrN2O2S/c1-9(11-3-2-4-12(14)6-11)15-7-10-5-13(16(17)18)19-8-10/h2-6,8-9,15H,7H2,1H3/t9-/m1/s1. The molecule has 0 bridgehead atoms. The third-order valence-electron chi connectivity index (χ3n) is 2.78. The zero-order valence-corrected chi connectivity index (χ0v) is 12.7. The number of hydrogen-bond acceptors (Lipinski definition) is 4. The van der Waals surface area contributed by atoms with Crippen molar-refractivity contribution >= 4 is 32.3 Å². The number of nitrogens with zero attached hydrogens (tertiary/aromatic N) is 1. The van der Waals surface area contributed by atoms with Gasteiger partial charge in [0.05, 0.1) is 4.92 Å². The summed E-state index contributed by atoms with van der Waals surface area (Å²) in [6.45, 7) is 2.70. The second-order valence-electron chi connectivity index (χ2n) is 4.21. The predicted molar refractivity (Wildman–Crippen MR) is 80.4 cm³/mol. The van der Waals surface area contributed by atoms with Crippen LogP contribution < -0.4 is 5.32 Å². The van der Waals surface area contributed by atoms with E-state index in [0.29, 0.717) is 6.54 Å². The number of nitro groups is 1. The Morgan fingerprint density at radius 2 is 2.26 bits per heavy atom. The lowest BCUT2D eigenvalue weighted by Gasteiger charge is -2.13. The van der Waals surface area contributed by atoms with E-state index < -0.39 is 0 Å². The highest BCUT2D eigenvalue weighted by atomic mass is 79.9. The Labute approximate surface area is 123 Å². The molecule has 100 valence electrons. The van der Waals surface area contributed by atoms with Crippen LogP contribution in [0, 0.1) is 10.1 Å². The number of rotatable bonds is 5. The molecule has 2 aromatic rings. The fraction of sp³-hybridized carbons (Fsp3) is 0.231. The van der Waals surface area contributed by atoms with Crippen LogP contribution in [-0.2, 0) is 6.54 Å². The third kappa shape index (κ3) is 3.86. The summed E-state index contributed by atoms with van der Waals surface area (Å²) >= 11 is 4.61. The number of hydrogen-bond donors (Lipinski definition) is 1. The van der Waals surface area contributed by atoms with Crippen molar-refractivity contribution < 1.29 is 4.92 Å². The first-order valence-corrected chi connectivity index (χ1v) is 7.44. The van der Waals surface area contributed by atoms with Gasteiger partial charge in [0.15, 0.2) is 0 Å². The molecule has 19 heavy (non-hydrogen) atoms. The Bertz CT molecular complexity index is 586. The highest BCUT2D eigenvalue weighted by Gasteiger charge is 2.11. The van der Waals surface area contributed by atoms with Crippen LogP contribution in [0.3, 0.4) is 0 Å². The van der Waals surface area contributed by atoms with Crippen molar-refractivity contribution in [3.63, 3.8) is 0 Å². The van der Waals surface area contributed by atoms with Crippen molar-refractivity contribution in [2.24, 2.45) is 0 Å². The van der Waals surface area contributed by atoms with Gasteiger partial charge in [-0.1, -0.05) is 39.4 Å². The quantitative estimate of drug-likeness (QED) is 0.653. The maximum Gasteiger partial charge on any atom is 0.324 e. The predicted octanol–water partition coefficient (Wildman–Crippen LogP) is 4.27. The van der Waals surface area contributed by atoms with Crippen molar-refractivity contribution in [1.29, 1.82) is 0 Å². The molecule has 0 aliphatic heterocycles. The van der Waals surface area contributed by atoms with Crippen LogP contribution in [-0.4, -0.2) is 4.92 Å². The molecule has 0 saturated carbocycles. The molecule has 1 aromatic heterocycles. The van der Waals surface area contributed by atoms with Crippen molar-refractivity contribution in [2.75, 3.05) is 0 Å². The van der Waals surface area contributed by atoms with E-state index in [1.54, 1.807) is 6.07 Å². The molecule has 6 heteroatoms. The van der Waals surface area contributed by atoms with Crippen LogP contribution in [0.15, 0.2) is 40.2 Å². The van der Waals surface area contributed by atoms with E-state index in [9.17, 15) is 10.1 Å². The summed E-state index contributed by atoms with van der Waals surface area (Å²) in [5.74, 6) is 0. The smallest absolute Gasteiger partial charge is 0.306 e. The van der Waals surface area contributed by atoms with Crippen molar-refractivity contribution in [2.45, 2.75) is 19.5 Å². The molecule has 1 atom stereocenters. The SMILES string of the molecule is C[C@@H](NCc1csc([N+](=O)[O-])c1)c1cccc(Br)c1. The minimum Gasteiger partial charge on any atom is -0.306 e. The van der Waals surface area contributed by atoms with Crippen LogP contribution in [0.4, 0.5) is 5.00 Å². The molecule has 4 nitrogen and oxygen atoms in total. The van der Waals surface area contributed by atoms with E-state index in [-0.39, 0.29) is 16.0 Å². The molecule has 1 aromatic carbocycles. The van der Waals surface area contributed by atoms with Gasteiger partial charge < -0.3 is 5.32 Å². The second kappa shape index (κ2) is 6.27. The summed E-state index contributed by atoms with van der Waals surface area (Å²) in [6.07, 6.45) is 0. The third-order valence-corrected chi connectivity index (χ3v) is 4.20. The van der Waals surface area contributed by atoms with Gasteiger partial charge in [-0.05, 0) is 30.2 Å². The summed E-state index contributed by atoms with van der Waals surface area (Å²) in [5, 5.41) is 16.0. The van der Waals surface area contributed by atoms with E-state index in [1.807, 2.05) is 17.5 Å². The molecule has 0 aliphatic carbocycles. The number of benzene rings is 1. The van der Waals surface area contributed by atoms with Gasteiger partial charge in [0.25, 0.3) is 0 Å². The Morgan fingerprint density at radius 1 is 1.47 bits per heavy atom. The van der Waals surface area contributed by atoms with E-state index in [2.05, 4.69) is 40.3 Å². The first kappa shape index (κ1) is 14.2. The lowest BCUT2D eigenvalue weighted by molar-refractivity contribution is -0.380. The van der Waals surface area contributed by atoms with E-state index in [1.165, 1.54) is 5.56 Å². The van der Waals surface area contributed by atoms with Gasteiger partial charge >= 0.3 is 5.00 Å². The maximum absolute atomic E-state index is 10.6. The molecule has 1 N–H and O–H groups in total. The van der Waals surface area contributed by atoms with Gasteiger partial charge in [0, 0.05) is 28.5 Å². The zero-order chi connectivity index (χ0) is 13.8. The summed E-state index contributed by atoms with van der Waals surface area (Å²) in [6, 6.07) is 9.90. The maximum atomic E-state index is 10.6. The van der Waals surface area contributed by atoms with E-state index in [4.69, 9.17) is 0 Å². The second-order valence-corrected chi connectivity index (χ2v) is 6.01. The van der Waals surface area contributed by atoms with E-state index in [0.717, 1.165) is 21.4 Å². The number of halogens is 1. The summed E-state index contributed by atoms with van der Waals surface area (Å²) in [5.41, 5.74) is 2.12. The zero-order valence-electron chi connectivity index (χ0n) is 10.3. The average Bonchev–Trinajstić information content (AvgIpc) is 2.85. The molecule has 2 rings (SSSR count). The Kier molecular flexibility index (Phi) is 4.68. The first-order valence-electron chi connectivity index (χ1n) is 5.77. The van der Waals surface area contributed by atoms with Gasteiger partial charge in [-0.15, -0.1) is 0 Å². The summed E-state index contributed by atoms with van der Waals surface area (Å²) in [7, 11) is 0. The van der Waals surface area contributed by atoms with Gasteiger partial charge in [-0.2, -0.15) is 0 Å². The van der Waals surface area contributed by atoms with Crippen LogP contribution in [0.5, 0.6) is 0 Å². The number of thiophene rings is 1. The summed E-state index contributed by atoms with van der Waals surface area (Å²) < 4.78 is 1.05. The molecule has 1 heterocycles. The fourth-order valence-corrected chi connectivity index (χ4v) is 2.86. The lowest BCUT2D eigenvalue weighted by atomic mass is 10.1. The Morgan fingerprint density at radius 3 is 2.89 bits per heavy atom. The van der Waals surface area contributed by atoms with Crippen LogP contribution in [0.1, 0.15) is 24.1 Å². The minimum atomic E-state index is -0.355. The summed E-state index contributed by atoms with van der Waals surface area (Å²) in [4.78, 5) is 10.2. The fourth-order valence-electron chi connectivity index (χ4n) is 1.72. The normalized spacial score (nSPS) is 12.3. The van der Waals surface area contributed by atoms with Crippen LogP contribution >= 0.6 is 27.3 Å². The molecule has 0 unspecified atom stereocenters. The highest BCUT2D eigenvalue weighted by molar-refractivity contribution is 9.10. The van der Waals surface area contributed by atoms with Gasteiger partial charge in [-0.25, -0.2) is 0 Å². The van der Waals surface area contributed by atoms with Gasteiger partial charge in [0.2, 0.25) is 0 Å². The van der Waals surface area contributed by atoms with Crippen LogP contribution in [0.25, 0.3) is 0 Å². The van der Waals surface area contributed by atoms with Gasteiger partial charge in [-0.3, -0.25) is 10.1 Å². The molecule has 0 radical (unpaired) electrons. The lowest BCUT2D eigenvalue weighted by Crippen LogP contribution is -2.17. The molecule has 0 saturated heterocycles. The minimum absolute atomic E-state index is 0.187. The van der Waals surface area contributed by atoms with E-state index >= 15 is 0 Å². The molecular formula is C13H13BrN2O2S. The van der Waals surface area contributed by atoms with Crippen molar-refractivity contribution in [3.8, 4) is 0 Å². The Balaban J connectivity index is 1.96. The molecule has 0 aliphatic rings. The topological polar surface area (TPSA) is 55.2 Å². The molecular weight excluding hydrogens is 328 g/mol. The molecule has 0 spiro atoms. The first-order chi connectivity index (χ1) is 9.06.